The van der Waals surface area contributed by atoms with Gasteiger partial charge in [0.2, 0.25) is 5.91 Å². The summed E-state index contributed by atoms with van der Waals surface area (Å²) in [6, 6.07) is 0.857. The lowest BCUT2D eigenvalue weighted by atomic mass is 9.95. The maximum atomic E-state index is 12.0. The van der Waals surface area contributed by atoms with E-state index in [1.54, 1.807) is 0 Å². The van der Waals surface area contributed by atoms with E-state index in [4.69, 9.17) is 5.73 Å². The Morgan fingerprint density at radius 2 is 2.00 bits per heavy atom. The minimum atomic E-state index is 0.103. The van der Waals surface area contributed by atoms with Crippen molar-refractivity contribution in [3.05, 3.63) is 5.82 Å². The predicted octanol–water partition coefficient (Wildman–Crippen LogP) is 1.61. The van der Waals surface area contributed by atoms with Crippen molar-refractivity contribution in [3.8, 4) is 0 Å². The Morgan fingerprint density at radius 1 is 1.24 bits per heavy atom. The first-order valence-electron chi connectivity index (χ1n) is 7.84. The minimum Gasteiger partial charge on any atom is -0.353 e. The lowest BCUT2D eigenvalue weighted by Crippen LogP contribution is -2.37. The number of aromatic nitrogens is 3. The normalized spacial score (nSPS) is 19.7. The van der Waals surface area contributed by atoms with E-state index >= 15 is 0 Å². The lowest BCUT2D eigenvalue weighted by Gasteiger charge is -2.22. The number of amides is 1. The van der Waals surface area contributed by atoms with Crippen molar-refractivity contribution in [3.63, 3.8) is 0 Å². The topological polar surface area (TPSA) is 85.8 Å². The fraction of sp³-hybridized carbons (Fsp3) is 0.786. The molecule has 1 aromatic heterocycles. The number of rotatable bonds is 6. The van der Waals surface area contributed by atoms with Crippen molar-refractivity contribution < 1.29 is 4.79 Å². The highest BCUT2D eigenvalue weighted by molar-refractivity contribution is 7.99. The molecule has 21 heavy (non-hydrogen) atoms. The fourth-order valence-corrected chi connectivity index (χ4v) is 3.73. The fourth-order valence-electron chi connectivity index (χ4n) is 2.89. The second-order valence-corrected chi connectivity index (χ2v) is 6.84. The molecule has 2 aliphatic rings. The smallest absolute Gasteiger partial charge is 0.230 e. The molecule has 7 heteroatoms. The first-order chi connectivity index (χ1) is 10.3. The van der Waals surface area contributed by atoms with Crippen LogP contribution in [0.3, 0.4) is 0 Å². The third-order valence-electron chi connectivity index (χ3n) is 4.13. The SMILES string of the molecule is NCc1nnc(SCC(=O)NC2CCCCC2)n1C1CC1. The summed E-state index contributed by atoms with van der Waals surface area (Å²) < 4.78 is 2.11. The molecule has 2 fully saturated rings. The first kappa shape index (κ1) is 14.8. The number of nitrogens with one attached hydrogen (secondary N) is 1. The molecular formula is C14H23N5OS. The number of hydrogen-bond acceptors (Lipinski definition) is 5. The van der Waals surface area contributed by atoms with E-state index in [9.17, 15) is 4.79 Å². The van der Waals surface area contributed by atoms with Crippen molar-refractivity contribution in [2.24, 2.45) is 5.73 Å². The quantitative estimate of drug-likeness (QED) is 0.780. The molecule has 0 atom stereocenters. The van der Waals surface area contributed by atoms with Crippen molar-refractivity contribution >= 4 is 17.7 Å². The van der Waals surface area contributed by atoms with Gasteiger partial charge >= 0.3 is 0 Å². The molecule has 0 radical (unpaired) electrons. The second kappa shape index (κ2) is 6.79. The number of carbonyl (C=O) groups is 1. The molecule has 1 amide bonds. The first-order valence-corrected chi connectivity index (χ1v) is 8.82. The molecule has 0 spiro atoms. The van der Waals surface area contributed by atoms with E-state index in [1.807, 2.05) is 0 Å². The molecular weight excluding hydrogens is 286 g/mol. The van der Waals surface area contributed by atoms with E-state index < -0.39 is 0 Å². The zero-order valence-corrected chi connectivity index (χ0v) is 13.1. The zero-order chi connectivity index (χ0) is 14.7. The highest BCUT2D eigenvalue weighted by Crippen LogP contribution is 2.38. The van der Waals surface area contributed by atoms with E-state index in [-0.39, 0.29) is 5.91 Å². The summed E-state index contributed by atoms with van der Waals surface area (Å²) in [6.45, 7) is 0.401. The van der Waals surface area contributed by atoms with Gasteiger partial charge in [0.1, 0.15) is 5.82 Å². The average Bonchev–Trinajstić information content (AvgIpc) is 3.26. The summed E-state index contributed by atoms with van der Waals surface area (Å²) in [5.74, 6) is 1.34. The third-order valence-corrected chi connectivity index (χ3v) is 5.08. The second-order valence-electron chi connectivity index (χ2n) is 5.90. The van der Waals surface area contributed by atoms with Crippen LogP contribution in [0.4, 0.5) is 0 Å². The van der Waals surface area contributed by atoms with Gasteiger partial charge in [-0.3, -0.25) is 4.79 Å². The van der Waals surface area contributed by atoms with E-state index in [0.29, 0.717) is 24.4 Å². The van der Waals surface area contributed by atoms with Crippen LogP contribution in [-0.2, 0) is 11.3 Å². The van der Waals surface area contributed by atoms with Crippen LogP contribution in [0, 0.1) is 0 Å². The van der Waals surface area contributed by atoms with Crippen molar-refractivity contribution in [2.75, 3.05) is 5.75 Å². The maximum absolute atomic E-state index is 12.0. The standard InChI is InChI=1S/C14H23N5OS/c15-8-12-17-18-14(19(12)11-6-7-11)21-9-13(20)16-10-4-2-1-3-5-10/h10-11H,1-9,15H2,(H,16,20). The molecule has 2 saturated carbocycles. The number of carbonyl (C=O) groups excluding carboxylic acids is 1. The van der Waals surface area contributed by atoms with Gasteiger partial charge in [-0.25, -0.2) is 0 Å². The molecule has 0 unspecified atom stereocenters. The van der Waals surface area contributed by atoms with Gasteiger partial charge < -0.3 is 15.6 Å². The third kappa shape index (κ3) is 3.77. The monoisotopic (exact) mass is 309 g/mol. The largest absolute Gasteiger partial charge is 0.353 e. The van der Waals surface area contributed by atoms with Gasteiger partial charge in [0.05, 0.1) is 12.3 Å². The molecule has 1 aromatic rings. The summed E-state index contributed by atoms with van der Waals surface area (Å²) >= 11 is 1.47. The minimum absolute atomic E-state index is 0.103. The molecule has 6 nitrogen and oxygen atoms in total. The Kier molecular flexibility index (Phi) is 4.80. The van der Waals surface area contributed by atoms with Gasteiger partial charge in [-0.05, 0) is 25.7 Å². The van der Waals surface area contributed by atoms with Crippen LogP contribution < -0.4 is 11.1 Å². The summed E-state index contributed by atoms with van der Waals surface area (Å²) in [4.78, 5) is 12.0. The van der Waals surface area contributed by atoms with E-state index in [0.717, 1.165) is 36.7 Å². The van der Waals surface area contributed by atoms with Gasteiger partial charge in [0, 0.05) is 12.1 Å². The Morgan fingerprint density at radius 3 is 2.67 bits per heavy atom. The number of thioether (sulfide) groups is 1. The molecule has 0 saturated heterocycles. The van der Waals surface area contributed by atoms with Gasteiger partial charge in [0.25, 0.3) is 0 Å². The summed E-state index contributed by atoms with van der Waals surface area (Å²) in [6.07, 6.45) is 8.31. The van der Waals surface area contributed by atoms with Gasteiger partial charge in [-0.15, -0.1) is 10.2 Å². The van der Waals surface area contributed by atoms with E-state index in [1.165, 1.54) is 31.0 Å². The highest BCUT2D eigenvalue weighted by Gasteiger charge is 2.29. The van der Waals surface area contributed by atoms with Crippen molar-refractivity contribution in [2.45, 2.75) is 68.7 Å². The van der Waals surface area contributed by atoms with Gasteiger partial charge in [-0.2, -0.15) is 0 Å². The number of hydrogen-bond donors (Lipinski definition) is 2. The van der Waals surface area contributed by atoms with E-state index in [2.05, 4.69) is 20.1 Å². The zero-order valence-electron chi connectivity index (χ0n) is 12.3. The molecule has 3 N–H and O–H groups in total. The molecule has 116 valence electrons. The summed E-state index contributed by atoms with van der Waals surface area (Å²) in [5, 5.41) is 12.3. The van der Waals surface area contributed by atoms with Crippen LogP contribution in [0.25, 0.3) is 0 Å². The summed E-state index contributed by atoms with van der Waals surface area (Å²) in [7, 11) is 0. The van der Waals surface area contributed by atoms with Crippen LogP contribution in [0.15, 0.2) is 5.16 Å². The number of nitrogens with two attached hydrogens (primary N) is 1. The van der Waals surface area contributed by atoms with Crippen molar-refractivity contribution in [1.82, 2.24) is 20.1 Å². The highest BCUT2D eigenvalue weighted by atomic mass is 32.2. The van der Waals surface area contributed by atoms with Crippen LogP contribution in [0.2, 0.25) is 0 Å². The number of nitrogens with zero attached hydrogens (tertiary/aromatic N) is 3. The molecule has 1 heterocycles. The Bertz CT molecular complexity index is 494. The van der Waals surface area contributed by atoms with Crippen LogP contribution in [0.1, 0.15) is 56.8 Å². The Hall–Kier alpha value is -1.08. The lowest BCUT2D eigenvalue weighted by molar-refractivity contribution is -0.119. The van der Waals surface area contributed by atoms with Gasteiger partial charge in [0.15, 0.2) is 5.16 Å². The average molecular weight is 309 g/mol. The van der Waals surface area contributed by atoms with Crippen LogP contribution in [-0.4, -0.2) is 32.5 Å². The molecule has 0 bridgehead atoms. The Balaban J connectivity index is 1.52. The predicted molar refractivity (Wildman–Crippen MR) is 81.9 cm³/mol. The maximum Gasteiger partial charge on any atom is 0.230 e. The molecule has 3 rings (SSSR count). The summed E-state index contributed by atoms with van der Waals surface area (Å²) in [5.41, 5.74) is 5.70. The van der Waals surface area contributed by atoms with Gasteiger partial charge in [-0.1, -0.05) is 31.0 Å². The van der Waals surface area contributed by atoms with Crippen LogP contribution in [0.5, 0.6) is 0 Å². The van der Waals surface area contributed by atoms with Crippen molar-refractivity contribution in [1.29, 1.82) is 0 Å². The molecule has 0 aromatic carbocycles. The van der Waals surface area contributed by atoms with Crippen LogP contribution >= 0.6 is 11.8 Å². The molecule has 0 aliphatic heterocycles. The Labute approximate surface area is 129 Å². The molecule has 2 aliphatic carbocycles.